The van der Waals surface area contributed by atoms with Crippen molar-refractivity contribution in [2.24, 2.45) is 10.7 Å². The van der Waals surface area contributed by atoms with Crippen LogP contribution in [0.15, 0.2) is 53.5 Å². The monoisotopic (exact) mass is 576 g/mol. The molecule has 4 rings (SSSR count). The second kappa shape index (κ2) is 11.2. The minimum Gasteiger partial charge on any atom is -0.497 e. The first-order valence-corrected chi connectivity index (χ1v) is 13.8. The van der Waals surface area contributed by atoms with Gasteiger partial charge in [-0.25, -0.2) is 9.38 Å². The summed E-state index contributed by atoms with van der Waals surface area (Å²) in [5.74, 6) is -0.756. The molecule has 1 aliphatic rings. The third-order valence-corrected chi connectivity index (χ3v) is 6.87. The molecule has 0 aliphatic carbocycles. The van der Waals surface area contributed by atoms with Crippen LogP contribution in [0.5, 0.6) is 11.5 Å². The quantitative estimate of drug-likeness (QED) is 0.404. The molecule has 39 heavy (non-hydrogen) atoms. The van der Waals surface area contributed by atoms with Gasteiger partial charge in [-0.15, -0.1) is 12.4 Å². The van der Waals surface area contributed by atoms with Crippen molar-refractivity contribution in [3.63, 3.8) is 0 Å². The van der Waals surface area contributed by atoms with Gasteiger partial charge in [0.25, 0.3) is 5.91 Å². The number of nitrogens with two attached hydrogens (primary N) is 1. The maximum absolute atomic E-state index is 15.3. The number of likely N-dealkylation sites (N-methyl/N-ethyl adjacent to an activating group) is 1. The van der Waals surface area contributed by atoms with Crippen molar-refractivity contribution in [1.82, 2.24) is 9.88 Å². The summed E-state index contributed by atoms with van der Waals surface area (Å²) in [5, 5.41) is 0. The lowest BCUT2D eigenvalue weighted by molar-refractivity contribution is -0.129. The van der Waals surface area contributed by atoms with Gasteiger partial charge in [-0.2, -0.15) is 8.42 Å². The summed E-state index contributed by atoms with van der Waals surface area (Å²) in [6.07, 6.45) is 2.19. The third-order valence-electron chi connectivity index (χ3n) is 6.37. The van der Waals surface area contributed by atoms with Gasteiger partial charge in [0.1, 0.15) is 17.3 Å². The van der Waals surface area contributed by atoms with E-state index in [-0.39, 0.29) is 41.0 Å². The van der Waals surface area contributed by atoms with Gasteiger partial charge >= 0.3 is 10.1 Å². The van der Waals surface area contributed by atoms with E-state index in [2.05, 4.69) is 9.98 Å². The molecule has 12 heteroatoms. The third kappa shape index (κ3) is 5.69. The molecule has 0 bridgehead atoms. The number of nitrogens with zero attached hydrogens (tertiary/aromatic N) is 3. The normalized spacial score (nSPS) is 17.0. The maximum Gasteiger partial charge on any atom is 0.306 e. The Hall–Kier alpha value is -3.70. The maximum atomic E-state index is 15.3. The van der Waals surface area contributed by atoms with E-state index in [1.807, 2.05) is 26.0 Å². The number of aromatic nitrogens is 1. The van der Waals surface area contributed by atoms with Crippen LogP contribution in [0, 0.1) is 5.82 Å². The largest absolute Gasteiger partial charge is 0.497 e. The molecule has 1 unspecified atom stereocenters. The Balaban J connectivity index is 0.00000420. The fourth-order valence-electron chi connectivity index (χ4n) is 4.44. The van der Waals surface area contributed by atoms with Crippen LogP contribution in [0.4, 0.5) is 4.39 Å². The van der Waals surface area contributed by atoms with Gasteiger partial charge in [0.05, 0.1) is 13.4 Å². The molecule has 0 fully saturated rings. The number of ether oxygens (including phenoxy) is 1. The highest BCUT2D eigenvalue weighted by Gasteiger charge is 2.50. The lowest BCUT2D eigenvalue weighted by atomic mass is 9.81. The number of carbonyl (C=O) groups excluding carboxylic acids is 1. The van der Waals surface area contributed by atoms with Crippen molar-refractivity contribution in [2.75, 3.05) is 20.4 Å². The van der Waals surface area contributed by atoms with Crippen LogP contribution in [0.25, 0.3) is 11.1 Å². The minimum atomic E-state index is -3.85. The van der Waals surface area contributed by atoms with Gasteiger partial charge < -0.3 is 14.7 Å². The molecule has 9 nitrogen and oxygen atoms in total. The Morgan fingerprint density at radius 1 is 1.00 bits per heavy atom. The topological polar surface area (TPSA) is 124 Å². The second-order valence-corrected chi connectivity index (χ2v) is 10.5. The number of benzene rings is 2. The van der Waals surface area contributed by atoms with E-state index < -0.39 is 27.4 Å². The number of rotatable bonds is 8. The van der Waals surface area contributed by atoms with Crippen molar-refractivity contribution in [3.8, 4) is 22.6 Å². The van der Waals surface area contributed by atoms with Crippen molar-refractivity contribution in [2.45, 2.75) is 32.2 Å². The Labute approximate surface area is 233 Å². The number of hydrogen-bond donors (Lipinski definition) is 1. The molecule has 208 valence electrons. The van der Waals surface area contributed by atoms with Crippen LogP contribution in [0.3, 0.4) is 0 Å². The summed E-state index contributed by atoms with van der Waals surface area (Å²) in [6.45, 7) is 3.93. The fourth-order valence-corrected chi connectivity index (χ4v) is 4.89. The molecule has 2 aromatic carbocycles. The number of halogens is 2. The van der Waals surface area contributed by atoms with E-state index in [1.54, 1.807) is 6.07 Å². The summed E-state index contributed by atoms with van der Waals surface area (Å²) in [7, 11) is -0.915. The summed E-state index contributed by atoms with van der Waals surface area (Å²) in [5.41, 5.74) is 7.47. The molecule has 0 saturated heterocycles. The zero-order chi connectivity index (χ0) is 27.8. The molecule has 3 aromatic rings. The second-order valence-electron chi connectivity index (χ2n) is 8.97. The van der Waals surface area contributed by atoms with Crippen LogP contribution < -0.4 is 14.7 Å². The smallest absolute Gasteiger partial charge is 0.306 e. The Morgan fingerprint density at radius 3 is 2.13 bits per heavy atom. The number of carbonyl (C=O) groups is 1. The average molecular weight is 577 g/mol. The van der Waals surface area contributed by atoms with Crippen molar-refractivity contribution in [1.29, 1.82) is 0 Å². The number of pyridine rings is 1. The van der Waals surface area contributed by atoms with Crippen LogP contribution in [-0.2, 0) is 33.3 Å². The summed E-state index contributed by atoms with van der Waals surface area (Å²) >= 11 is 0. The first-order valence-electron chi connectivity index (χ1n) is 11.9. The van der Waals surface area contributed by atoms with E-state index in [1.165, 1.54) is 49.4 Å². The Kier molecular flexibility index (Phi) is 8.56. The van der Waals surface area contributed by atoms with E-state index in [9.17, 15) is 13.2 Å². The van der Waals surface area contributed by atoms with Crippen LogP contribution in [-0.4, -0.2) is 50.6 Å². The zero-order valence-electron chi connectivity index (χ0n) is 22.2. The molecule has 0 spiro atoms. The van der Waals surface area contributed by atoms with E-state index in [4.69, 9.17) is 14.7 Å². The first-order chi connectivity index (χ1) is 17.9. The molecule has 1 amide bonds. The lowest BCUT2D eigenvalue weighted by Crippen LogP contribution is -2.41. The molecule has 2 N–H and O–H groups in total. The molecule has 1 atom stereocenters. The van der Waals surface area contributed by atoms with Crippen molar-refractivity contribution in [3.05, 3.63) is 76.9 Å². The first kappa shape index (κ1) is 29.9. The molecule has 2 heterocycles. The molecule has 1 aliphatic heterocycles. The van der Waals surface area contributed by atoms with Gasteiger partial charge in [-0.05, 0) is 65.9 Å². The summed E-state index contributed by atoms with van der Waals surface area (Å²) < 4.78 is 49.1. The minimum absolute atomic E-state index is 0. The summed E-state index contributed by atoms with van der Waals surface area (Å²) in [4.78, 5) is 24.3. The predicted octanol–water partition coefficient (Wildman–Crippen LogP) is 3.81. The molecule has 0 radical (unpaired) electrons. The predicted molar refractivity (Wildman–Crippen MR) is 149 cm³/mol. The number of guanidine groups is 1. The average Bonchev–Trinajstić information content (AvgIpc) is 3.12. The van der Waals surface area contributed by atoms with Gasteiger partial charge in [0.2, 0.25) is 0 Å². The zero-order valence-corrected chi connectivity index (χ0v) is 23.8. The standard InChI is InChI=1S/C27H29FN4O5S.ClH/c1-6-19-12-18(13-20(7-2)30-19)27(25(33)32(3)26(29)31-27)17-8-9-24(28)23(14-17)16-10-21(36-4)15-22(11-16)37-38(5,34)35;/h8-15H,6-7H2,1-5H3,(H2,29,31);1H. The number of hydrogen-bond acceptors (Lipinski definition) is 8. The van der Waals surface area contributed by atoms with Gasteiger partial charge in [0.15, 0.2) is 11.5 Å². The number of aryl methyl sites for hydroxylation is 2. The SMILES string of the molecule is CCc1cc(C2(c3ccc(F)c(-c4cc(OC)cc(OS(C)(=O)=O)c4)c3)N=C(N)N(C)C2=O)cc(CC)n1.Cl. The van der Waals surface area contributed by atoms with E-state index >= 15 is 4.39 Å². The van der Waals surface area contributed by atoms with Gasteiger partial charge in [-0.1, -0.05) is 19.9 Å². The van der Waals surface area contributed by atoms with E-state index in [0.717, 1.165) is 17.6 Å². The highest BCUT2D eigenvalue weighted by molar-refractivity contribution is 7.86. The van der Waals surface area contributed by atoms with Crippen LogP contribution in [0.2, 0.25) is 0 Å². The lowest BCUT2D eigenvalue weighted by Gasteiger charge is -2.27. The van der Waals surface area contributed by atoms with Crippen molar-refractivity contribution >= 4 is 34.4 Å². The summed E-state index contributed by atoms with van der Waals surface area (Å²) in [6, 6.07) is 12.2. The number of methoxy groups -OCH3 is 1. The Bertz CT molecular complexity index is 1540. The molecular formula is C27H30ClFN4O5S. The van der Waals surface area contributed by atoms with Crippen molar-refractivity contribution < 1.29 is 26.5 Å². The van der Waals surface area contributed by atoms with Gasteiger partial charge in [0, 0.05) is 30.1 Å². The molecule has 1 aromatic heterocycles. The van der Waals surface area contributed by atoms with Gasteiger partial charge in [-0.3, -0.25) is 14.7 Å². The Morgan fingerprint density at radius 2 is 1.62 bits per heavy atom. The molecule has 0 saturated carbocycles. The van der Waals surface area contributed by atoms with Crippen LogP contribution in [0.1, 0.15) is 36.4 Å². The van der Waals surface area contributed by atoms with Crippen LogP contribution >= 0.6 is 12.4 Å². The highest BCUT2D eigenvalue weighted by Crippen LogP contribution is 2.42. The number of aliphatic imine (C=N–C) groups is 1. The fraction of sp³-hybridized carbons (Fsp3) is 0.296. The highest BCUT2D eigenvalue weighted by atomic mass is 35.5. The number of amides is 1. The molecular weight excluding hydrogens is 547 g/mol. The van der Waals surface area contributed by atoms with E-state index in [0.29, 0.717) is 24.0 Å².